The maximum absolute atomic E-state index is 5.13. The van der Waals surface area contributed by atoms with Gasteiger partial charge >= 0.3 is 0 Å². The summed E-state index contributed by atoms with van der Waals surface area (Å²) in [5.74, 6) is 0. The van der Waals surface area contributed by atoms with Gasteiger partial charge in [0.2, 0.25) is 0 Å². The molecule has 0 unspecified atom stereocenters. The van der Waals surface area contributed by atoms with E-state index < -0.39 is 5.41 Å². The fraction of sp³-hybridized carbons (Fsp3) is 0.0189. The van der Waals surface area contributed by atoms with Gasteiger partial charge < -0.3 is 0 Å². The van der Waals surface area contributed by atoms with Crippen LogP contribution in [0.2, 0.25) is 0 Å². The second kappa shape index (κ2) is 13.7. The SMILES string of the molecule is c1ccc(-c2ccc(-c3cc(-c4ccc(-c5ccc6c(c5)-c5ccccc5C6(c5ccccc5)c5ccccc5)cc4)cc(-c4cccnc4)n3)cc2)cc1. The summed E-state index contributed by atoms with van der Waals surface area (Å²) < 4.78 is 0. The number of hydrogen-bond acceptors (Lipinski definition) is 2. The average molecular weight is 701 g/mol. The van der Waals surface area contributed by atoms with E-state index in [-0.39, 0.29) is 0 Å². The van der Waals surface area contributed by atoms with Crippen LogP contribution in [0, 0.1) is 0 Å². The number of rotatable bonds is 7. The van der Waals surface area contributed by atoms with Crippen LogP contribution in [0.25, 0.3) is 67.0 Å². The van der Waals surface area contributed by atoms with Crippen molar-refractivity contribution in [2.75, 3.05) is 0 Å². The molecule has 258 valence electrons. The molecule has 0 N–H and O–H groups in total. The summed E-state index contributed by atoms with van der Waals surface area (Å²) in [6, 6.07) is 74.4. The van der Waals surface area contributed by atoms with Gasteiger partial charge in [0.1, 0.15) is 0 Å². The molecule has 0 amide bonds. The van der Waals surface area contributed by atoms with E-state index in [0.717, 1.165) is 33.6 Å². The summed E-state index contributed by atoms with van der Waals surface area (Å²) in [5, 5.41) is 0. The third-order valence-corrected chi connectivity index (χ3v) is 11.1. The van der Waals surface area contributed by atoms with Crippen LogP contribution in [0.4, 0.5) is 0 Å². The zero-order chi connectivity index (χ0) is 36.6. The molecular formula is C53H36N2. The van der Waals surface area contributed by atoms with Gasteiger partial charge in [0, 0.05) is 23.5 Å². The summed E-state index contributed by atoms with van der Waals surface area (Å²) in [7, 11) is 0. The van der Waals surface area contributed by atoms with Crippen LogP contribution < -0.4 is 0 Å². The molecule has 0 saturated heterocycles. The number of aromatic nitrogens is 2. The molecule has 0 bridgehead atoms. The average Bonchev–Trinajstić information content (AvgIpc) is 3.58. The molecular weight excluding hydrogens is 665 g/mol. The Morgan fingerprint density at radius 3 is 1.42 bits per heavy atom. The van der Waals surface area contributed by atoms with Crippen LogP contribution in [0.3, 0.4) is 0 Å². The lowest BCUT2D eigenvalue weighted by Crippen LogP contribution is -2.28. The topological polar surface area (TPSA) is 25.8 Å². The lowest BCUT2D eigenvalue weighted by atomic mass is 9.67. The Morgan fingerprint density at radius 2 is 0.782 bits per heavy atom. The highest BCUT2D eigenvalue weighted by molar-refractivity contribution is 5.89. The molecule has 10 rings (SSSR count). The molecule has 0 saturated carbocycles. The van der Waals surface area contributed by atoms with Crippen molar-refractivity contribution in [3.05, 3.63) is 241 Å². The van der Waals surface area contributed by atoms with Gasteiger partial charge in [0.15, 0.2) is 0 Å². The van der Waals surface area contributed by atoms with Gasteiger partial charge in [-0.15, -0.1) is 0 Å². The molecule has 0 radical (unpaired) electrons. The number of nitrogens with zero attached hydrogens (tertiary/aromatic N) is 2. The molecule has 2 nitrogen and oxygen atoms in total. The zero-order valence-corrected chi connectivity index (χ0v) is 30.2. The van der Waals surface area contributed by atoms with E-state index in [0.29, 0.717) is 0 Å². The third kappa shape index (κ3) is 5.67. The summed E-state index contributed by atoms with van der Waals surface area (Å²) in [4.78, 5) is 9.53. The second-order valence-electron chi connectivity index (χ2n) is 14.2. The van der Waals surface area contributed by atoms with Crippen molar-refractivity contribution in [2.24, 2.45) is 0 Å². The van der Waals surface area contributed by atoms with E-state index in [2.05, 4.69) is 199 Å². The molecule has 0 fully saturated rings. The normalized spacial score (nSPS) is 12.5. The highest BCUT2D eigenvalue weighted by Gasteiger charge is 2.45. The minimum atomic E-state index is -0.399. The Kier molecular flexibility index (Phi) is 8.08. The van der Waals surface area contributed by atoms with Crippen LogP contribution in [0.1, 0.15) is 22.3 Å². The molecule has 1 aliphatic rings. The fourth-order valence-corrected chi connectivity index (χ4v) is 8.46. The van der Waals surface area contributed by atoms with Crippen molar-refractivity contribution < 1.29 is 0 Å². The maximum Gasteiger partial charge on any atom is 0.0731 e. The monoisotopic (exact) mass is 700 g/mol. The highest BCUT2D eigenvalue weighted by atomic mass is 14.7. The Balaban J connectivity index is 1.04. The first-order chi connectivity index (χ1) is 27.3. The number of benzene rings is 7. The highest BCUT2D eigenvalue weighted by Crippen LogP contribution is 2.56. The van der Waals surface area contributed by atoms with Crippen molar-refractivity contribution in [1.82, 2.24) is 9.97 Å². The minimum Gasteiger partial charge on any atom is -0.264 e. The molecule has 1 aliphatic carbocycles. The van der Waals surface area contributed by atoms with Gasteiger partial charge in [0.05, 0.1) is 16.8 Å². The molecule has 0 aliphatic heterocycles. The minimum absolute atomic E-state index is 0.399. The summed E-state index contributed by atoms with van der Waals surface area (Å²) in [5.41, 5.74) is 18.3. The van der Waals surface area contributed by atoms with Crippen molar-refractivity contribution in [3.63, 3.8) is 0 Å². The maximum atomic E-state index is 5.13. The lowest BCUT2D eigenvalue weighted by molar-refractivity contribution is 0.768. The molecule has 7 aromatic carbocycles. The molecule has 2 heterocycles. The quantitative estimate of drug-likeness (QED) is 0.165. The molecule has 0 spiro atoms. The van der Waals surface area contributed by atoms with E-state index in [1.54, 1.807) is 6.20 Å². The van der Waals surface area contributed by atoms with E-state index in [1.165, 1.54) is 55.6 Å². The number of hydrogen-bond donors (Lipinski definition) is 0. The molecule has 2 heteroatoms. The van der Waals surface area contributed by atoms with Gasteiger partial charge in [-0.1, -0.05) is 176 Å². The molecule has 2 aromatic heterocycles. The van der Waals surface area contributed by atoms with Crippen LogP contribution in [-0.4, -0.2) is 9.97 Å². The van der Waals surface area contributed by atoms with Crippen LogP contribution in [0.15, 0.2) is 219 Å². The van der Waals surface area contributed by atoms with Gasteiger partial charge in [-0.05, 0) is 97.1 Å². The van der Waals surface area contributed by atoms with Crippen LogP contribution in [-0.2, 0) is 5.41 Å². The van der Waals surface area contributed by atoms with Gasteiger partial charge in [-0.3, -0.25) is 4.98 Å². The van der Waals surface area contributed by atoms with Gasteiger partial charge in [-0.25, -0.2) is 4.98 Å². The Morgan fingerprint density at radius 1 is 0.309 bits per heavy atom. The predicted molar refractivity (Wildman–Crippen MR) is 227 cm³/mol. The standard InChI is InChI=1S/C53H36N2/c1-4-13-37(14-5-1)38-26-28-41(29-27-38)51-34-44(35-52(55-51)43-15-12-32-54-36-43)40-24-22-39(23-25-40)42-30-31-50-48(33-42)47-20-10-11-21-49(47)53(50,45-16-6-2-7-17-45)46-18-8-3-9-19-46/h1-36H. The van der Waals surface area contributed by atoms with Gasteiger partial charge in [0.25, 0.3) is 0 Å². The molecule has 0 atom stereocenters. The van der Waals surface area contributed by atoms with Crippen molar-refractivity contribution in [1.29, 1.82) is 0 Å². The van der Waals surface area contributed by atoms with E-state index >= 15 is 0 Å². The van der Waals surface area contributed by atoms with E-state index in [1.807, 2.05) is 18.3 Å². The van der Waals surface area contributed by atoms with Crippen LogP contribution >= 0.6 is 0 Å². The van der Waals surface area contributed by atoms with Gasteiger partial charge in [-0.2, -0.15) is 0 Å². The summed E-state index contributed by atoms with van der Waals surface area (Å²) in [6.45, 7) is 0. The number of pyridine rings is 2. The van der Waals surface area contributed by atoms with Crippen molar-refractivity contribution >= 4 is 0 Å². The first-order valence-corrected chi connectivity index (χ1v) is 18.8. The predicted octanol–water partition coefficient (Wildman–Crippen LogP) is 13.2. The number of fused-ring (bicyclic) bond motifs is 3. The second-order valence-corrected chi connectivity index (χ2v) is 14.2. The fourth-order valence-electron chi connectivity index (χ4n) is 8.46. The smallest absolute Gasteiger partial charge is 0.0731 e. The summed E-state index contributed by atoms with van der Waals surface area (Å²) in [6.07, 6.45) is 3.68. The molecule has 9 aromatic rings. The summed E-state index contributed by atoms with van der Waals surface area (Å²) >= 11 is 0. The Labute approximate surface area is 322 Å². The van der Waals surface area contributed by atoms with E-state index in [9.17, 15) is 0 Å². The third-order valence-electron chi connectivity index (χ3n) is 11.1. The first-order valence-electron chi connectivity index (χ1n) is 18.8. The Hall–Kier alpha value is -7.16. The lowest BCUT2D eigenvalue weighted by Gasteiger charge is -2.33. The molecule has 55 heavy (non-hydrogen) atoms. The van der Waals surface area contributed by atoms with Crippen LogP contribution in [0.5, 0.6) is 0 Å². The Bertz CT molecular complexity index is 2720. The van der Waals surface area contributed by atoms with E-state index in [4.69, 9.17) is 4.98 Å². The van der Waals surface area contributed by atoms with Crippen molar-refractivity contribution in [3.8, 4) is 67.0 Å². The van der Waals surface area contributed by atoms with Crippen molar-refractivity contribution in [2.45, 2.75) is 5.41 Å². The largest absolute Gasteiger partial charge is 0.264 e. The first kappa shape index (κ1) is 32.5. The zero-order valence-electron chi connectivity index (χ0n) is 30.2.